The van der Waals surface area contributed by atoms with E-state index in [0.717, 1.165) is 0 Å². The minimum absolute atomic E-state index is 0.177. The predicted octanol–water partition coefficient (Wildman–Crippen LogP) is 2.32. The Hall–Kier alpha value is -2.12. The Bertz CT molecular complexity index is 573. The van der Waals surface area contributed by atoms with Crippen LogP contribution in [0.4, 0.5) is 13.6 Å². The predicted molar refractivity (Wildman–Crippen MR) is 81.9 cm³/mol. The van der Waals surface area contributed by atoms with Crippen molar-refractivity contribution in [1.82, 2.24) is 15.1 Å². The van der Waals surface area contributed by atoms with Crippen LogP contribution in [0.1, 0.15) is 36.2 Å². The fourth-order valence-corrected chi connectivity index (χ4v) is 3.12. The van der Waals surface area contributed by atoms with E-state index in [4.69, 9.17) is 4.42 Å². The first kappa shape index (κ1) is 16.7. The van der Waals surface area contributed by atoms with Crippen molar-refractivity contribution in [2.75, 3.05) is 26.2 Å². The van der Waals surface area contributed by atoms with Crippen molar-refractivity contribution in [3.05, 3.63) is 24.2 Å². The highest BCUT2D eigenvalue weighted by Gasteiger charge is 2.36. The molecule has 3 amide bonds. The zero-order valence-electron chi connectivity index (χ0n) is 13.3. The first-order valence-corrected chi connectivity index (χ1v) is 8.21. The number of nitrogens with zero attached hydrogens (tertiary/aromatic N) is 2. The summed E-state index contributed by atoms with van der Waals surface area (Å²) in [4.78, 5) is 27.7. The van der Waals surface area contributed by atoms with Crippen molar-refractivity contribution in [2.45, 2.75) is 37.6 Å². The van der Waals surface area contributed by atoms with Gasteiger partial charge in [0.2, 0.25) is 5.92 Å². The van der Waals surface area contributed by atoms with Crippen LogP contribution in [-0.2, 0) is 0 Å². The fraction of sp³-hybridized carbons (Fsp3) is 0.625. The Kier molecular flexibility index (Phi) is 4.73. The molecule has 2 fully saturated rings. The molecule has 0 unspecified atom stereocenters. The lowest BCUT2D eigenvalue weighted by molar-refractivity contribution is -0.0398. The summed E-state index contributed by atoms with van der Waals surface area (Å²) < 4.78 is 31.4. The number of halogens is 2. The van der Waals surface area contributed by atoms with Gasteiger partial charge in [-0.25, -0.2) is 13.6 Å². The summed E-state index contributed by atoms with van der Waals surface area (Å²) in [5, 5.41) is 2.83. The average Bonchev–Trinajstić information content (AvgIpc) is 3.11. The average molecular weight is 341 g/mol. The highest BCUT2D eigenvalue weighted by atomic mass is 19.3. The summed E-state index contributed by atoms with van der Waals surface area (Å²) in [7, 11) is 0. The van der Waals surface area contributed by atoms with E-state index in [-0.39, 0.29) is 36.6 Å². The molecule has 132 valence electrons. The third-order valence-electron chi connectivity index (χ3n) is 4.63. The molecular formula is C16H21F2N3O3. The van der Waals surface area contributed by atoms with E-state index in [9.17, 15) is 18.4 Å². The number of carbonyl (C=O) groups is 2. The maximum absolute atomic E-state index is 13.1. The SMILES string of the molecule is O=C(NC1CCC(F)(F)CC1)N1CCN(C(=O)c2ccco2)CC1. The van der Waals surface area contributed by atoms with Gasteiger partial charge in [0, 0.05) is 45.1 Å². The molecule has 1 saturated heterocycles. The zero-order chi connectivity index (χ0) is 17.2. The second-order valence-electron chi connectivity index (χ2n) is 6.34. The van der Waals surface area contributed by atoms with E-state index in [1.165, 1.54) is 6.26 Å². The number of alkyl halides is 2. The van der Waals surface area contributed by atoms with Crippen LogP contribution in [0.3, 0.4) is 0 Å². The largest absolute Gasteiger partial charge is 0.459 e. The maximum Gasteiger partial charge on any atom is 0.317 e. The monoisotopic (exact) mass is 341 g/mol. The topological polar surface area (TPSA) is 65.8 Å². The van der Waals surface area contributed by atoms with Gasteiger partial charge >= 0.3 is 6.03 Å². The Labute approximate surface area is 138 Å². The van der Waals surface area contributed by atoms with Gasteiger partial charge in [0.05, 0.1) is 6.26 Å². The summed E-state index contributed by atoms with van der Waals surface area (Å²) in [5.74, 6) is -2.50. The van der Waals surface area contributed by atoms with Crippen LogP contribution < -0.4 is 5.32 Å². The summed E-state index contributed by atoms with van der Waals surface area (Å²) in [5.41, 5.74) is 0. The molecule has 6 nitrogen and oxygen atoms in total. The molecule has 0 spiro atoms. The molecule has 2 heterocycles. The standard InChI is InChI=1S/C16H21F2N3O3/c17-16(18)5-3-12(4-6-16)19-15(23)21-9-7-20(8-10-21)14(22)13-2-1-11-24-13/h1-2,11-12H,3-10H2,(H,19,23). The molecule has 1 aliphatic heterocycles. The van der Waals surface area contributed by atoms with Gasteiger partial charge in [-0.2, -0.15) is 0 Å². The van der Waals surface area contributed by atoms with Gasteiger partial charge in [-0.15, -0.1) is 0 Å². The van der Waals surface area contributed by atoms with Gasteiger partial charge in [-0.3, -0.25) is 4.79 Å². The smallest absolute Gasteiger partial charge is 0.317 e. The summed E-state index contributed by atoms with van der Waals surface area (Å²) in [6.45, 7) is 1.69. The third kappa shape index (κ3) is 3.85. The molecule has 1 saturated carbocycles. The highest BCUT2D eigenvalue weighted by molar-refractivity contribution is 5.91. The van der Waals surface area contributed by atoms with Crippen LogP contribution >= 0.6 is 0 Å². The number of hydrogen-bond donors (Lipinski definition) is 1. The fourth-order valence-electron chi connectivity index (χ4n) is 3.12. The van der Waals surface area contributed by atoms with Crippen LogP contribution in [0.5, 0.6) is 0 Å². The normalized spacial score (nSPS) is 21.6. The highest BCUT2D eigenvalue weighted by Crippen LogP contribution is 2.33. The van der Waals surface area contributed by atoms with Gasteiger partial charge in [-0.1, -0.05) is 0 Å². The van der Waals surface area contributed by atoms with Crippen LogP contribution in [0, 0.1) is 0 Å². The molecule has 3 rings (SSSR count). The molecule has 0 atom stereocenters. The van der Waals surface area contributed by atoms with E-state index in [1.54, 1.807) is 21.9 Å². The van der Waals surface area contributed by atoms with Crippen molar-refractivity contribution < 1.29 is 22.8 Å². The van der Waals surface area contributed by atoms with E-state index in [1.807, 2.05) is 0 Å². The first-order chi connectivity index (χ1) is 11.4. The van der Waals surface area contributed by atoms with Gasteiger partial charge < -0.3 is 19.5 Å². The summed E-state index contributed by atoms with van der Waals surface area (Å²) >= 11 is 0. The first-order valence-electron chi connectivity index (χ1n) is 8.21. The van der Waals surface area contributed by atoms with Gasteiger partial charge in [-0.05, 0) is 25.0 Å². The van der Waals surface area contributed by atoms with Crippen LogP contribution in [0.2, 0.25) is 0 Å². The number of piperazine rings is 1. The molecule has 24 heavy (non-hydrogen) atoms. The minimum atomic E-state index is -2.60. The molecule has 1 aromatic heterocycles. The van der Waals surface area contributed by atoms with Crippen molar-refractivity contribution in [3.8, 4) is 0 Å². The molecule has 2 aliphatic rings. The van der Waals surface area contributed by atoms with E-state index < -0.39 is 5.92 Å². The van der Waals surface area contributed by atoms with Gasteiger partial charge in [0.25, 0.3) is 5.91 Å². The number of amides is 3. The van der Waals surface area contributed by atoms with Crippen molar-refractivity contribution in [3.63, 3.8) is 0 Å². The summed E-state index contributed by atoms with van der Waals surface area (Å²) in [6, 6.07) is 2.83. The molecule has 1 N–H and O–H groups in total. The summed E-state index contributed by atoms with van der Waals surface area (Å²) in [6.07, 6.45) is 1.70. The minimum Gasteiger partial charge on any atom is -0.459 e. The lowest BCUT2D eigenvalue weighted by Gasteiger charge is -2.36. The second kappa shape index (κ2) is 6.78. The van der Waals surface area contributed by atoms with Gasteiger partial charge in [0.1, 0.15) is 0 Å². The van der Waals surface area contributed by atoms with Crippen LogP contribution in [0.15, 0.2) is 22.8 Å². The molecule has 1 aromatic rings. The second-order valence-corrected chi connectivity index (χ2v) is 6.34. The molecular weight excluding hydrogens is 320 g/mol. The lowest BCUT2D eigenvalue weighted by Crippen LogP contribution is -2.55. The Morgan fingerprint density at radius 3 is 2.33 bits per heavy atom. The van der Waals surface area contributed by atoms with Crippen LogP contribution in [0.25, 0.3) is 0 Å². The molecule has 8 heteroatoms. The quantitative estimate of drug-likeness (QED) is 0.898. The lowest BCUT2D eigenvalue weighted by atomic mass is 9.92. The van der Waals surface area contributed by atoms with E-state index in [2.05, 4.69) is 5.32 Å². The van der Waals surface area contributed by atoms with E-state index >= 15 is 0 Å². The van der Waals surface area contributed by atoms with E-state index in [0.29, 0.717) is 39.0 Å². The van der Waals surface area contributed by atoms with Gasteiger partial charge in [0.15, 0.2) is 5.76 Å². The Morgan fingerprint density at radius 1 is 1.12 bits per heavy atom. The number of hydrogen-bond acceptors (Lipinski definition) is 3. The van der Waals surface area contributed by atoms with Crippen LogP contribution in [-0.4, -0.2) is 59.9 Å². The molecule has 0 aromatic carbocycles. The molecule has 0 radical (unpaired) electrons. The van der Waals surface area contributed by atoms with Crippen molar-refractivity contribution in [2.24, 2.45) is 0 Å². The number of rotatable bonds is 2. The molecule has 0 bridgehead atoms. The Morgan fingerprint density at radius 2 is 1.75 bits per heavy atom. The Balaban J connectivity index is 1.45. The number of carbonyl (C=O) groups excluding carboxylic acids is 2. The number of furan rings is 1. The van der Waals surface area contributed by atoms with Crippen molar-refractivity contribution >= 4 is 11.9 Å². The third-order valence-corrected chi connectivity index (χ3v) is 4.63. The maximum atomic E-state index is 13.1. The molecule has 1 aliphatic carbocycles. The number of urea groups is 1. The van der Waals surface area contributed by atoms with Crippen molar-refractivity contribution in [1.29, 1.82) is 0 Å². The number of nitrogens with one attached hydrogen (secondary N) is 1. The zero-order valence-corrected chi connectivity index (χ0v) is 13.3.